The van der Waals surface area contributed by atoms with Crippen LogP contribution in [0.1, 0.15) is 64.0 Å². The average molecular weight is 303 g/mol. The first-order valence-corrected chi connectivity index (χ1v) is 8.76. The van der Waals surface area contributed by atoms with Gasteiger partial charge in [-0.25, -0.2) is 0 Å². The SMILES string of the molecule is CCC(CC)NC(=O)[C@H](CC)Oc1ccc2c(c1)CCCC2. The number of rotatable bonds is 7. The predicted octanol–water partition coefficient (Wildman–Crippen LogP) is 4.03. The Kier molecular flexibility index (Phi) is 6.29. The molecule has 1 aliphatic rings. The van der Waals surface area contributed by atoms with Crippen LogP contribution in [0.25, 0.3) is 0 Å². The number of hydrogen-bond donors (Lipinski definition) is 1. The minimum atomic E-state index is -0.401. The molecule has 0 saturated carbocycles. The van der Waals surface area contributed by atoms with Gasteiger partial charge in [-0.1, -0.05) is 26.8 Å². The lowest BCUT2D eigenvalue weighted by molar-refractivity contribution is -0.128. The number of ether oxygens (including phenoxy) is 1. The highest BCUT2D eigenvalue weighted by molar-refractivity contribution is 5.81. The van der Waals surface area contributed by atoms with Crippen molar-refractivity contribution < 1.29 is 9.53 Å². The summed E-state index contributed by atoms with van der Waals surface area (Å²) in [5, 5.41) is 3.09. The van der Waals surface area contributed by atoms with Gasteiger partial charge in [0.1, 0.15) is 5.75 Å². The molecule has 0 bridgehead atoms. The molecule has 0 spiro atoms. The van der Waals surface area contributed by atoms with Crippen molar-refractivity contribution >= 4 is 5.91 Å². The van der Waals surface area contributed by atoms with Crippen molar-refractivity contribution in [2.75, 3.05) is 0 Å². The number of fused-ring (bicyclic) bond motifs is 1. The van der Waals surface area contributed by atoms with Crippen molar-refractivity contribution in [3.8, 4) is 5.75 Å². The van der Waals surface area contributed by atoms with Gasteiger partial charge in [0.15, 0.2) is 6.10 Å². The molecule has 1 aromatic rings. The van der Waals surface area contributed by atoms with Gasteiger partial charge in [-0.15, -0.1) is 0 Å². The summed E-state index contributed by atoms with van der Waals surface area (Å²) in [4.78, 5) is 12.4. The van der Waals surface area contributed by atoms with Crippen LogP contribution in [0.15, 0.2) is 18.2 Å². The lowest BCUT2D eigenvalue weighted by atomic mass is 9.92. The Morgan fingerprint density at radius 3 is 2.41 bits per heavy atom. The number of amides is 1. The molecule has 3 heteroatoms. The molecule has 1 N–H and O–H groups in total. The quantitative estimate of drug-likeness (QED) is 0.826. The van der Waals surface area contributed by atoms with E-state index in [1.807, 2.05) is 13.0 Å². The third-order valence-corrected chi connectivity index (χ3v) is 4.59. The zero-order valence-corrected chi connectivity index (χ0v) is 14.2. The normalized spacial score (nSPS) is 15.3. The summed E-state index contributed by atoms with van der Waals surface area (Å²) in [5.74, 6) is 0.834. The van der Waals surface area contributed by atoms with E-state index in [-0.39, 0.29) is 11.9 Å². The first-order valence-electron chi connectivity index (χ1n) is 8.76. The second-order valence-corrected chi connectivity index (χ2v) is 6.17. The molecule has 22 heavy (non-hydrogen) atoms. The van der Waals surface area contributed by atoms with E-state index in [4.69, 9.17) is 4.74 Å². The zero-order valence-electron chi connectivity index (χ0n) is 14.2. The number of aryl methyl sites for hydroxylation is 2. The van der Waals surface area contributed by atoms with Crippen molar-refractivity contribution in [3.05, 3.63) is 29.3 Å². The third kappa shape index (κ3) is 4.25. The number of hydrogen-bond acceptors (Lipinski definition) is 2. The maximum absolute atomic E-state index is 12.4. The molecule has 122 valence electrons. The van der Waals surface area contributed by atoms with E-state index in [0.29, 0.717) is 6.42 Å². The van der Waals surface area contributed by atoms with Crippen molar-refractivity contribution in [3.63, 3.8) is 0 Å². The second kappa shape index (κ2) is 8.21. The first-order chi connectivity index (χ1) is 10.7. The largest absolute Gasteiger partial charge is 0.481 e. The minimum Gasteiger partial charge on any atom is -0.481 e. The van der Waals surface area contributed by atoms with Gasteiger partial charge in [-0.2, -0.15) is 0 Å². The second-order valence-electron chi connectivity index (χ2n) is 6.17. The summed E-state index contributed by atoms with van der Waals surface area (Å²) in [7, 11) is 0. The topological polar surface area (TPSA) is 38.3 Å². The Morgan fingerprint density at radius 2 is 1.77 bits per heavy atom. The van der Waals surface area contributed by atoms with Crippen LogP contribution in [0.4, 0.5) is 0 Å². The smallest absolute Gasteiger partial charge is 0.261 e. The highest BCUT2D eigenvalue weighted by atomic mass is 16.5. The standard InChI is InChI=1S/C19H29NO2/c1-4-16(5-2)20-19(21)18(6-3)22-17-12-11-14-9-7-8-10-15(14)13-17/h11-13,16,18H,4-10H2,1-3H3,(H,20,21)/t18-/m0/s1. The van der Waals surface area contributed by atoms with Gasteiger partial charge in [0.05, 0.1) is 0 Å². The Bertz CT molecular complexity index is 494. The van der Waals surface area contributed by atoms with E-state index in [2.05, 4.69) is 31.3 Å². The van der Waals surface area contributed by atoms with Crippen LogP contribution in [-0.2, 0) is 17.6 Å². The van der Waals surface area contributed by atoms with Crippen LogP contribution in [0.3, 0.4) is 0 Å². The monoisotopic (exact) mass is 303 g/mol. The maximum Gasteiger partial charge on any atom is 0.261 e. The van der Waals surface area contributed by atoms with Gasteiger partial charge in [0.2, 0.25) is 0 Å². The van der Waals surface area contributed by atoms with E-state index >= 15 is 0 Å². The Balaban J connectivity index is 2.01. The van der Waals surface area contributed by atoms with Crippen LogP contribution >= 0.6 is 0 Å². The number of carbonyl (C=O) groups excluding carboxylic acids is 1. The van der Waals surface area contributed by atoms with Crippen LogP contribution in [0.2, 0.25) is 0 Å². The molecule has 1 aromatic carbocycles. The van der Waals surface area contributed by atoms with Gasteiger partial charge in [0, 0.05) is 6.04 Å². The van der Waals surface area contributed by atoms with E-state index in [1.165, 1.54) is 30.4 Å². The fraction of sp³-hybridized carbons (Fsp3) is 0.632. The molecule has 3 nitrogen and oxygen atoms in total. The fourth-order valence-corrected chi connectivity index (χ4v) is 3.06. The zero-order chi connectivity index (χ0) is 15.9. The highest BCUT2D eigenvalue weighted by Crippen LogP contribution is 2.26. The molecule has 0 heterocycles. The van der Waals surface area contributed by atoms with E-state index in [9.17, 15) is 4.79 Å². The molecule has 0 aromatic heterocycles. The summed E-state index contributed by atoms with van der Waals surface area (Å²) in [6.45, 7) is 6.19. The number of nitrogens with one attached hydrogen (secondary N) is 1. The Labute approximate surface area is 134 Å². The van der Waals surface area contributed by atoms with E-state index in [1.54, 1.807) is 0 Å². The highest BCUT2D eigenvalue weighted by Gasteiger charge is 2.21. The van der Waals surface area contributed by atoms with Crippen LogP contribution < -0.4 is 10.1 Å². The van der Waals surface area contributed by atoms with Gasteiger partial charge in [0.25, 0.3) is 5.91 Å². The summed E-state index contributed by atoms with van der Waals surface area (Å²) in [5.41, 5.74) is 2.83. The molecule has 0 unspecified atom stereocenters. The summed E-state index contributed by atoms with van der Waals surface area (Å²) in [6, 6.07) is 6.54. The molecule has 2 rings (SSSR count). The lowest BCUT2D eigenvalue weighted by Gasteiger charge is -2.22. The Hall–Kier alpha value is -1.51. The van der Waals surface area contributed by atoms with Gasteiger partial charge in [-0.05, 0) is 68.2 Å². The molecule has 0 radical (unpaired) electrons. The molecule has 0 saturated heterocycles. The summed E-state index contributed by atoms with van der Waals surface area (Å²) >= 11 is 0. The summed E-state index contributed by atoms with van der Waals surface area (Å²) in [6.07, 6.45) is 7.02. The lowest BCUT2D eigenvalue weighted by Crippen LogP contribution is -2.43. The maximum atomic E-state index is 12.4. The molecule has 1 amide bonds. The van der Waals surface area contributed by atoms with Gasteiger partial charge < -0.3 is 10.1 Å². The Morgan fingerprint density at radius 1 is 1.09 bits per heavy atom. The molecular weight excluding hydrogens is 274 g/mol. The van der Waals surface area contributed by atoms with Crippen LogP contribution in [0.5, 0.6) is 5.75 Å². The van der Waals surface area contributed by atoms with E-state index < -0.39 is 6.10 Å². The van der Waals surface area contributed by atoms with Crippen molar-refractivity contribution in [1.29, 1.82) is 0 Å². The molecular formula is C19H29NO2. The summed E-state index contributed by atoms with van der Waals surface area (Å²) < 4.78 is 5.97. The predicted molar refractivity (Wildman–Crippen MR) is 90.3 cm³/mol. The van der Waals surface area contributed by atoms with E-state index in [0.717, 1.165) is 25.0 Å². The van der Waals surface area contributed by atoms with Crippen LogP contribution in [0, 0.1) is 0 Å². The number of carbonyl (C=O) groups is 1. The minimum absolute atomic E-state index is 0.00826. The molecule has 1 aliphatic carbocycles. The van der Waals surface area contributed by atoms with Crippen molar-refractivity contribution in [2.24, 2.45) is 0 Å². The fourth-order valence-electron chi connectivity index (χ4n) is 3.06. The van der Waals surface area contributed by atoms with Crippen molar-refractivity contribution in [2.45, 2.75) is 77.9 Å². The average Bonchev–Trinajstić information content (AvgIpc) is 2.57. The van der Waals surface area contributed by atoms with Gasteiger partial charge in [-0.3, -0.25) is 4.79 Å². The molecule has 0 aliphatic heterocycles. The first kappa shape index (κ1) is 16.9. The van der Waals surface area contributed by atoms with Gasteiger partial charge >= 0.3 is 0 Å². The molecule has 1 atom stereocenters. The third-order valence-electron chi connectivity index (χ3n) is 4.59. The van der Waals surface area contributed by atoms with Crippen LogP contribution in [-0.4, -0.2) is 18.1 Å². The van der Waals surface area contributed by atoms with Crippen molar-refractivity contribution in [1.82, 2.24) is 5.32 Å². The number of benzene rings is 1. The molecule has 0 fully saturated rings.